The number of thiophene rings is 1. The van der Waals surface area contributed by atoms with Gasteiger partial charge in [-0.15, -0.1) is 11.3 Å². The molecule has 0 atom stereocenters. The van der Waals surface area contributed by atoms with Crippen LogP contribution in [0.2, 0.25) is 0 Å². The number of aromatic nitrogens is 3. The second-order valence-electron chi connectivity index (χ2n) is 6.05. The standard InChI is InChI=1S/C18H21N3O4S/c1-4-6-25-14-8-19-11(7-13(14)22)9-21-17(23)15-12(5-2)10(3)26-16(15)20-18(21)24/h7-8H,4-6,9H2,1-3H3,(H,19,22)(H,20,24). The van der Waals surface area contributed by atoms with E-state index >= 15 is 0 Å². The highest BCUT2D eigenvalue weighted by molar-refractivity contribution is 7.18. The zero-order valence-corrected chi connectivity index (χ0v) is 15.8. The Kier molecular flexibility index (Phi) is 5.13. The zero-order chi connectivity index (χ0) is 18.8. The second kappa shape index (κ2) is 7.33. The van der Waals surface area contributed by atoms with Crippen LogP contribution in [0.15, 0.2) is 26.6 Å². The van der Waals surface area contributed by atoms with Gasteiger partial charge in [0.05, 0.1) is 18.5 Å². The van der Waals surface area contributed by atoms with E-state index in [0.29, 0.717) is 28.9 Å². The Labute approximate surface area is 153 Å². The number of H-pyrrole nitrogens is 2. The fraction of sp³-hybridized carbons (Fsp3) is 0.389. The van der Waals surface area contributed by atoms with E-state index in [1.165, 1.54) is 23.6 Å². The van der Waals surface area contributed by atoms with Crippen LogP contribution in [0.1, 0.15) is 36.4 Å². The monoisotopic (exact) mass is 375 g/mol. The molecule has 0 aliphatic rings. The van der Waals surface area contributed by atoms with E-state index in [4.69, 9.17) is 4.74 Å². The van der Waals surface area contributed by atoms with Crippen LogP contribution in [0.5, 0.6) is 5.75 Å². The molecule has 0 unspecified atom stereocenters. The van der Waals surface area contributed by atoms with Gasteiger partial charge in [0, 0.05) is 22.8 Å². The predicted molar refractivity (Wildman–Crippen MR) is 103 cm³/mol. The maximum absolute atomic E-state index is 12.9. The summed E-state index contributed by atoms with van der Waals surface area (Å²) in [5.41, 5.74) is 0.321. The molecular weight excluding hydrogens is 354 g/mol. The van der Waals surface area contributed by atoms with Gasteiger partial charge in [0.2, 0.25) is 5.43 Å². The molecule has 3 aromatic heterocycles. The number of rotatable bonds is 6. The van der Waals surface area contributed by atoms with Crippen LogP contribution < -0.4 is 21.4 Å². The van der Waals surface area contributed by atoms with Crippen molar-refractivity contribution >= 4 is 21.6 Å². The average Bonchev–Trinajstić information content (AvgIpc) is 2.92. The fourth-order valence-electron chi connectivity index (χ4n) is 2.94. The first-order valence-electron chi connectivity index (χ1n) is 8.55. The van der Waals surface area contributed by atoms with Crippen molar-refractivity contribution in [1.29, 1.82) is 0 Å². The van der Waals surface area contributed by atoms with Crippen LogP contribution in [0, 0.1) is 6.92 Å². The highest BCUT2D eigenvalue weighted by atomic mass is 32.1. The molecule has 0 amide bonds. The quantitative estimate of drug-likeness (QED) is 0.690. The van der Waals surface area contributed by atoms with Crippen molar-refractivity contribution in [3.05, 3.63) is 59.5 Å². The van der Waals surface area contributed by atoms with Gasteiger partial charge in [-0.05, 0) is 25.3 Å². The summed E-state index contributed by atoms with van der Waals surface area (Å²) in [6.45, 7) is 6.32. The van der Waals surface area contributed by atoms with Gasteiger partial charge in [-0.25, -0.2) is 4.79 Å². The van der Waals surface area contributed by atoms with Crippen molar-refractivity contribution in [2.75, 3.05) is 6.61 Å². The summed E-state index contributed by atoms with van der Waals surface area (Å²) >= 11 is 1.42. The van der Waals surface area contributed by atoms with Gasteiger partial charge >= 0.3 is 5.69 Å². The van der Waals surface area contributed by atoms with Crippen LogP contribution in [0.25, 0.3) is 10.2 Å². The molecule has 26 heavy (non-hydrogen) atoms. The van der Waals surface area contributed by atoms with Crippen molar-refractivity contribution in [3.63, 3.8) is 0 Å². The molecule has 2 N–H and O–H groups in total. The Hall–Kier alpha value is -2.61. The minimum Gasteiger partial charge on any atom is -0.488 e. The number of aryl methyl sites for hydroxylation is 2. The molecule has 8 heteroatoms. The molecule has 0 saturated heterocycles. The lowest BCUT2D eigenvalue weighted by molar-refractivity contribution is 0.313. The summed E-state index contributed by atoms with van der Waals surface area (Å²) in [6, 6.07) is 1.36. The molecule has 0 aliphatic heterocycles. The Morgan fingerprint density at radius 2 is 2.00 bits per heavy atom. The van der Waals surface area contributed by atoms with Gasteiger partial charge in [0.1, 0.15) is 4.83 Å². The van der Waals surface area contributed by atoms with E-state index in [2.05, 4.69) is 9.97 Å². The third-order valence-corrected chi connectivity index (χ3v) is 5.28. The number of pyridine rings is 1. The SMILES string of the molecule is CCCOc1c[nH]c(Cn2c(=O)[nH]c3sc(C)c(CC)c3c2=O)cc1=O. The average molecular weight is 375 g/mol. The number of fused-ring (bicyclic) bond motifs is 1. The minimum absolute atomic E-state index is 0.00848. The normalized spacial score (nSPS) is 11.2. The number of hydrogen-bond acceptors (Lipinski definition) is 5. The molecule has 138 valence electrons. The lowest BCUT2D eigenvalue weighted by Gasteiger charge is -2.08. The van der Waals surface area contributed by atoms with Crippen molar-refractivity contribution < 1.29 is 4.74 Å². The highest BCUT2D eigenvalue weighted by Crippen LogP contribution is 2.26. The summed E-state index contributed by atoms with van der Waals surface area (Å²) in [5.74, 6) is 0.231. The molecule has 0 aliphatic carbocycles. The second-order valence-corrected chi connectivity index (χ2v) is 7.28. The minimum atomic E-state index is -0.487. The Balaban J connectivity index is 2.04. The summed E-state index contributed by atoms with van der Waals surface area (Å²) in [7, 11) is 0. The summed E-state index contributed by atoms with van der Waals surface area (Å²) < 4.78 is 6.47. The lowest BCUT2D eigenvalue weighted by Crippen LogP contribution is -2.35. The smallest absolute Gasteiger partial charge is 0.329 e. The van der Waals surface area contributed by atoms with Crippen molar-refractivity contribution in [2.45, 2.75) is 40.2 Å². The van der Waals surface area contributed by atoms with Crippen LogP contribution in [-0.2, 0) is 13.0 Å². The number of ether oxygens (including phenoxy) is 1. The van der Waals surface area contributed by atoms with E-state index in [1.54, 1.807) is 0 Å². The van der Waals surface area contributed by atoms with E-state index in [9.17, 15) is 14.4 Å². The Morgan fingerprint density at radius 1 is 1.23 bits per heavy atom. The van der Waals surface area contributed by atoms with Gasteiger partial charge in [-0.2, -0.15) is 0 Å². The van der Waals surface area contributed by atoms with Crippen LogP contribution >= 0.6 is 11.3 Å². The molecule has 0 bridgehead atoms. The van der Waals surface area contributed by atoms with Crippen LogP contribution in [0.4, 0.5) is 0 Å². The Bertz CT molecular complexity index is 1120. The van der Waals surface area contributed by atoms with Gasteiger partial charge < -0.3 is 9.72 Å². The van der Waals surface area contributed by atoms with E-state index in [0.717, 1.165) is 21.4 Å². The van der Waals surface area contributed by atoms with Gasteiger partial charge in [0.25, 0.3) is 5.56 Å². The zero-order valence-electron chi connectivity index (χ0n) is 15.0. The largest absolute Gasteiger partial charge is 0.488 e. The number of aromatic amines is 2. The first-order valence-corrected chi connectivity index (χ1v) is 9.37. The molecule has 7 nitrogen and oxygen atoms in total. The molecule has 3 rings (SSSR count). The molecule has 0 spiro atoms. The predicted octanol–water partition coefficient (Wildman–Crippen LogP) is 2.15. The van der Waals surface area contributed by atoms with Gasteiger partial charge in [-0.3, -0.25) is 19.1 Å². The number of nitrogens with zero attached hydrogens (tertiary/aromatic N) is 1. The molecular formula is C18H21N3O4S. The summed E-state index contributed by atoms with van der Waals surface area (Å²) in [5, 5.41) is 0.555. The molecule has 0 fully saturated rings. The topological polar surface area (TPSA) is 96.9 Å². The maximum atomic E-state index is 12.9. The van der Waals surface area contributed by atoms with E-state index in [1.807, 2.05) is 20.8 Å². The molecule has 0 saturated carbocycles. The third-order valence-electron chi connectivity index (χ3n) is 4.21. The van der Waals surface area contributed by atoms with Gasteiger partial charge in [0.15, 0.2) is 5.75 Å². The van der Waals surface area contributed by atoms with Crippen LogP contribution in [-0.4, -0.2) is 21.1 Å². The third kappa shape index (κ3) is 3.24. The van der Waals surface area contributed by atoms with Crippen molar-refractivity contribution in [1.82, 2.24) is 14.5 Å². The fourth-order valence-corrected chi connectivity index (χ4v) is 4.07. The molecule has 3 aromatic rings. The van der Waals surface area contributed by atoms with Crippen molar-refractivity contribution in [2.24, 2.45) is 0 Å². The van der Waals surface area contributed by atoms with E-state index in [-0.39, 0.29) is 23.3 Å². The number of nitrogens with one attached hydrogen (secondary N) is 2. The Morgan fingerprint density at radius 3 is 2.65 bits per heavy atom. The van der Waals surface area contributed by atoms with Gasteiger partial charge in [-0.1, -0.05) is 13.8 Å². The lowest BCUT2D eigenvalue weighted by atomic mass is 10.1. The number of hydrogen-bond donors (Lipinski definition) is 2. The van der Waals surface area contributed by atoms with Crippen molar-refractivity contribution in [3.8, 4) is 5.75 Å². The first-order chi connectivity index (χ1) is 12.5. The molecule has 0 aromatic carbocycles. The van der Waals surface area contributed by atoms with Crippen LogP contribution in [0.3, 0.4) is 0 Å². The molecule has 3 heterocycles. The maximum Gasteiger partial charge on any atom is 0.329 e. The summed E-state index contributed by atoms with van der Waals surface area (Å²) in [4.78, 5) is 44.7. The first kappa shape index (κ1) is 18.2. The summed E-state index contributed by atoms with van der Waals surface area (Å²) in [6.07, 6.45) is 2.98. The highest BCUT2D eigenvalue weighted by Gasteiger charge is 2.16. The molecule has 0 radical (unpaired) electrons. The van der Waals surface area contributed by atoms with E-state index < -0.39 is 5.69 Å².